The van der Waals surface area contributed by atoms with Crippen LogP contribution >= 0.6 is 0 Å². The van der Waals surface area contributed by atoms with Crippen molar-refractivity contribution in [2.75, 3.05) is 31.6 Å². The van der Waals surface area contributed by atoms with Crippen molar-refractivity contribution in [1.82, 2.24) is 15.0 Å². The number of urea groups is 1. The Hall–Kier alpha value is -4.13. The van der Waals surface area contributed by atoms with E-state index in [0.717, 1.165) is 11.1 Å². The van der Waals surface area contributed by atoms with Crippen molar-refractivity contribution in [3.8, 4) is 28.7 Å². The normalized spacial score (nSPS) is 21.7. The van der Waals surface area contributed by atoms with Crippen molar-refractivity contribution in [3.05, 3.63) is 53.7 Å². The van der Waals surface area contributed by atoms with Gasteiger partial charge in [0.15, 0.2) is 17.3 Å². The minimum atomic E-state index is -0.894. The van der Waals surface area contributed by atoms with Gasteiger partial charge in [-0.2, -0.15) is 10.2 Å². The first-order chi connectivity index (χ1) is 17.9. The van der Waals surface area contributed by atoms with E-state index < -0.39 is 6.17 Å². The molecule has 2 aliphatic heterocycles. The van der Waals surface area contributed by atoms with Crippen LogP contribution in [-0.4, -0.2) is 53.5 Å². The summed E-state index contributed by atoms with van der Waals surface area (Å²) in [5, 5.41) is 16.9. The van der Waals surface area contributed by atoms with Gasteiger partial charge in [-0.3, -0.25) is 0 Å². The third-order valence-electron chi connectivity index (χ3n) is 7.44. The summed E-state index contributed by atoms with van der Waals surface area (Å²) in [6, 6.07) is 12.8. The highest BCUT2D eigenvalue weighted by atomic mass is 19.1. The lowest BCUT2D eigenvalue weighted by atomic mass is 9.80. The summed E-state index contributed by atoms with van der Waals surface area (Å²) < 4.78 is 30.0. The summed E-state index contributed by atoms with van der Waals surface area (Å²) in [4.78, 5) is 19.5. The topological polar surface area (TPSA) is 114 Å². The number of amides is 2. The fourth-order valence-electron chi connectivity index (χ4n) is 4.90. The van der Waals surface area contributed by atoms with Gasteiger partial charge in [-0.05, 0) is 43.0 Å². The number of likely N-dealkylation sites (tertiary alicyclic amines) is 1. The number of aromatic nitrogens is 2. The molecule has 1 aromatic heterocycles. The highest BCUT2D eigenvalue weighted by molar-refractivity contribution is 5.97. The second-order valence-electron chi connectivity index (χ2n) is 9.99. The Balaban J connectivity index is 1.18. The number of fused-ring (bicyclic) bond motifs is 1. The maximum atomic E-state index is 13.4. The predicted molar refractivity (Wildman–Crippen MR) is 131 cm³/mol. The predicted octanol–water partition coefficient (Wildman–Crippen LogP) is 4.79. The number of benzene rings is 2. The molecule has 0 radical (unpaired) electrons. The molecule has 10 heteroatoms. The van der Waals surface area contributed by atoms with Crippen molar-refractivity contribution in [2.45, 2.75) is 43.7 Å². The maximum absolute atomic E-state index is 13.4. The number of anilines is 1. The summed E-state index contributed by atoms with van der Waals surface area (Å²) in [7, 11) is 0. The van der Waals surface area contributed by atoms with Crippen LogP contribution < -0.4 is 14.8 Å². The standard InChI is InChI=1S/C27H26FN5O4/c1-27(25-31-24(37-32-25)19-14-20(19)28)7-9-33(10-8-27)26(34)30-23-17(15-29)3-2-4-18(23)16-5-6-21-22(13-16)36-12-11-35-21/h2-6,13,19-20H,7-12,14H2,1H3,(H,30,34)/t19-,20+/m1/s1. The molecular weight excluding hydrogens is 477 g/mol. The largest absolute Gasteiger partial charge is 0.486 e. The zero-order chi connectivity index (χ0) is 25.6. The summed E-state index contributed by atoms with van der Waals surface area (Å²) in [5.41, 5.74) is 1.99. The molecular formula is C27H26FN5O4. The first-order valence-electron chi connectivity index (χ1n) is 12.4. The molecule has 9 nitrogen and oxygen atoms in total. The summed E-state index contributed by atoms with van der Waals surface area (Å²) >= 11 is 0. The third kappa shape index (κ3) is 4.35. The second kappa shape index (κ2) is 9.07. The highest BCUT2D eigenvalue weighted by Gasteiger charge is 2.45. The fourth-order valence-corrected chi connectivity index (χ4v) is 4.90. The molecule has 0 bridgehead atoms. The molecule has 1 saturated carbocycles. The molecule has 3 aliphatic rings. The number of rotatable bonds is 4. The van der Waals surface area contributed by atoms with E-state index in [0.29, 0.717) is 80.0 Å². The lowest BCUT2D eigenvalue weighted by molar-refractivity contribution is 0.169. The Kier molecular flexibility index (Phi) is 5.71. The molecule has 0 unspecified atom stereocenters. The van der Waals surface area contributed by atoms with Gasteiger partial charge in [-0.25, -0.2) is 9.18 Å². The number of alkyl halides is 1. The van der Waals surface area contributed by atoms with Gasteiger partial charge < -0.3 is 24.2 Å². The number of hydrogen-bond donors (Lipinski definition) is 1. The molecule has 1 N–H and O–H groups in total. The van der Waals surface area contributed by atoms with Crippen LogP contribution in [0.4, 0.5) is 14.9 Å². The van der Waals surface area contributed by atoms with Crippen molar-refractivity contribution in [1.29, 1.82) is 5.26 Å². The van der Waals surface area contributed by atoms with Crippen molar-refractivity contribution < 1.29 is 23.2 Å². The lowest BCUT2D eigenvalue weighted by Crippen LogP contribution is -2.46. The van der Waals surface area contributed by atoms with Gasteiger partial charge in [0, 0.05) is 24.1 Å². The van der Waals surface area contributed by atoms with E-state index in [1.165, 1.54) is 0 Å². The molecule has 1 saturated heterocycles. The minimum Gasteiger partial charge on any atom is -0.486 e. The number of carbonyl (C=O) groups is 1. The number of nitriles is 1. The van der Waals surface area contributed by atoms with Crippen LogP contribution in [-0.2, 0) is 5.41 Å². The molecule has 190 valence electrons. The van der Waals surface area contributed by atoms with Crippen LogP contribution in [0.1, 0.15) is 49.4 Å². The van der Waals surface area contributed by atoms with Gasteiger partial charge in [0.2, 0.25) is 5.89 Å². The monoisotopic (exact) mass is 503 g/mol. The van der Waals surface area contributed by atoms with E-state index >= 15 is 0 Å². The molecule has 0 spiro atoms. The van der Waals surface area contributed by atoms with Crippen LogP contribution in [0.5, 0.6) is 11.5 Å². The summed E-state index contributed by atoms with van der Waals surface area (Å²) in [6.45, 7) is 3.97. The quantitative estimate of drug-likeness (QED) is 0.545. The molecule has 2 amide bonds. The number of nitrogens with one attached hydrogen (secondary N) is 1. The van der Waals surface area contributed by atoms with Crippen molar-refractivity contribution >= 4 is 11.7 Å². The number of piperidine rings is 1. The Bertz CT molecular complexity index is 1390. The zero-order valence-electron chi connectivity index (χ0n) is 20.4. The minimum absolute atomic E-state index is 0.278. The Morgan fingerprint density at radius 1 is 1.19 bits per heavy atom. The average molecular weight is 504 g/mol. The molecule has 3 aromatic rings. The van der Waals surface area contributed by atoms with Gasteiger partial charge in [-0.15, -0.1) is 0 Å². The number of ether oxygens (including phenoxy) is 2. The molecule has 1 aliphatic carbocycles. The number of halogens is 1. The number of carbonyl (C=O) groups excluding carboxylic acids is 1. The first kappa shape index (κ1) is 23.3. The van der Waals surface area contributed by atoms with Crippen LogP contribution in [0.3, 0.4) is 0 Å². The van der Waals surface area contributed by atoms with Crippen LogP contribution in [0, 0.1) is 11.3 Å². The first-order valence-corrected chi connectivity index (χ1v) is 12.4. The SMILES string of the molecule is CC1(c2noc([C@@H]3C[C@@H]3F)n2)CCN(C(=O)Nc2c(C#N)cccc2-c2ccc3c(c2)OCCO3)CC1. The molecule has 2 fully saturated rings. The third-order valence-corrected chi connectivity index (χ3v) is 7.44. The second-order valence-corrected chi connectivity index (χ2v) is 9.99. The molecule has 2 atom stereocenters. The molecule has 3 heterocycles. The van der Waals surface area contributed by atoms with E-state index in [1.807, 2.05) is 31.2 Å². The molecule has 6 rings (SSSR count). The van der Waals surface area contributed by atoms with Gasteiger partial charge in [-0.1, -0.05) is 30.3 Å². The average Bonchev–Trinajstić information content (AvgIpc) is 3.44. The molecule has 2 aromatic carbocycles. The van der Waals surface area contributed by atoms with Gasteiger partial charge in [0.1, 0.15) is 25.5 Å². The lowest BCUT2D eigenvalue weighted by Gasteiger charge is -2.37. The maximum Gasteiger partial charge on any atom is 0.321 e. The van der Waals surface area contributed by atoms with Crippen LogP contribution in [0.2, 0.25) is 0 Å². The zero-order valence-corrected chi connectivity index (χ0v) is 20.4. The van der Waals surface area contributed by atoms with E-state index in [9.17, 15) is 14.4 Å². The summed E-state index contributed by atoms with van der Waals surface area (Å²) in [5.74, 6) is 1.95. The van der Waals surface area contributed by atoms with Gasteiger partial charge in [0.25, 0.3) is 0 Å². The number of para-hydroxylation sites is 1. The van der Waals surface area contributed by atoms with Crippen molar-refractivity contribution in [2.24, 2.45) is 0 Å². The van der Waals surface area contributed by atoms with Crippen LogP contribution in [0.15, 0.2) is 40.9 Å². The van der Waals surface area contributed by atoms with Gasteiger partial charge in [0.05, 0.1) is 17.2 Å². The van der Waals surface area contributed by atoms with E-state index in [4.69, 9.17) is 14.0 Å². The highest BCUT2D eigenvalue weighted by Crippen LogP contribution is 2.44. The van der Waals surface area contributed by atoms with Crippen LogP contribution in [0.25, 0.3) is 11.1 Å². The van der Waals surface area contributed by atoms with Gasteiger partial charge >= 0.3 is 6.03 Å². The number of nitrogens with zero attached hydrogens (tertiary/aromatic N) is 4. The number of hydrogen-bond acceptors (Lipinski definition) is 7. The van der Waals surface area contributed by atoms with E-state index in [1.54, 1.807) is 17.0 Å². The van der Waals surface area contributed by atoms with E-state index in [2.05, 4.69) is 21.5 Å². The van der Waals surface area contributed by atoms with Crippen molar-refractivity contribution in [3.63, 3.8) is 0 Å². The molecule has 37 heavy (non-hydrogen) atoms. The summed E-state index contributed by atoms with van der Waals surface area (Å²) in [6.07, 6.45) is 0.816. The Labute approximate surface area is 213 Å². The fraction of sp³-hybridized carbons (Fsp3) is 0.407. The smallest absolute Gasteiger partial charge is 0.321 e. The Morgan fingerprint density at radius 2 is 1.95 bits per heavy atom. The Morgan fingerprint density at radius 3 is 2.68 bits per heavy atom. The van der Waals surface area contributed by atoms with E-state index in [-0.39, 0.29) is 17.4 Å².